The third-order valence-corrected chi connectivity index (χ3v) is 13.3. The van der Waals surface area contributed by atoms with Gasteiger partial charge in [0.1, 0.15) is 0 Å². The van der Waals surface area contributed by atoms with Crippen LogP contribution in [-0.4, -0.2) is 20.4 Å². The van der Waals surface area contributed by atoms with Crippen molar-refractivity contribution in [3.63, 3.8) is 0 Å². The topological polar surface area (TPSA) is 12.0 Å². The number of rotatable bonds is 5. The van der Waals surface area contributed by atoms with E-state index in [0.29, 0.717) is 5.37 Å². The molecule has 0 radical (unpaired) electrons. The van der Waals surface area contributed by atoms with Crippen LogP contribution >= 0.6 is 23.1 Å². The summed E-state index contributed by atoms with van der Waals surface area (Å²) in [6, 6.07) is 8.99. The molecule has 1 aliphatic heterocycles. The molecule has 1 unspecified atom stereocenters. The Labute approximate surface area is 114 Å². The molecule has 2 heterocycles. The van der Waals surface area contributed by atoms with Crippen LogP contribution in [0.4, 0.5) is 0 Å². The summed E-state index contributed by atoms with van der Waals surface area (Å²) in [7, 11) is -1.14. The Balaban J connectivity index is 2.21. The summed E-state index contributed by atoms with van der Waals surface area (Å²) < 4.78 is 1.73. The zero-order chi connectivity index (χ0) is 12.3. The maximum Gasteiger partial charge on any atom is 0.0987 e. The summed E-state index contributed by atoms with van der Waals surface area (Å²) in [5, 5.41) is 4.16. The Kier molecular flexibility index (Phi) is 4.75. The van der Waals surface area contributed by atoms with Gasteiger partial charge in [-0.1, -0.05) is 45.0 Å². The van der Waals surface area contributed by atoms with Crippen molar-refractivity contribution >= 4 is 35.7 Å². The number of hydrogen-bond acceptors (Lipinski definition) is 3. The lowest BCUT2D eigenvalue weighted by molar-refractivity contribution is 0.761. The van der Waals surface area contributed by atoms with Crippen molar-refractivity contribution in [3.8, 4) is 0 Å². The van der Waals surface area contributed by atoms with E-state index in [9.17, 15) is 0 Å². The second kappa shape index (κ2) is 5.91. The molecule has 1 fully saturated rings. The molecule has 17 heavy (non-hydrogen) atoms. The monoisotopic (exact) mass is 285 g/mol. The van der Waals surface area contributed by atoms with Gasteiger partial charge in [-0.25, -0.2) is 0 Å². The van der Waals surface area contributed by atoms with Gasteiger partial charge in [0, 0.05) is 17.2 Å². The second-order valence-electron chi connectivity index (χ2n) is 4.75. The predicted octanol–water partition coefficient (Wildman–Crippen LogP) is 3.80. The van der Waals surface area contributed by atoms with Crippen molar-refractivity contribution in [2.75, 3.05) is 12.3 Å². The van der Waals surface area contributed by atoms with Gasteiger partial charge >= 0.3 is 0 Å². The van der Waals surface area contributed by atoms with Gasteiger partial charge in [-0.3, -0.25) is 0 Å². The summed E-state index contributed by atoms with van der Waals surface area (Å²) in [4.78, 5) is 1.55. The minimum atomic E-state index is -1.14. The van der Waals surface area contributed by atoms with Crippen LogP contribution in [0.5, 0.6) is 0 Å². The highest BCUT2D eigenvalue weighted by Crippen LogP contribution is 2.34. The molecule has 0 amide bonds. The van der Waals surface area contributed by atoms with Gasteiger partial charge in [0.25, 0.3) is 0 Å². The fraction of sp³-hybridized carbons (Fsp3) is 0.692. The lowest BCUT2D eigenvalue weighted by Crippen LogP contribution is -2.43. The molecule has 0 aromatic carbocycles. The average Bonchev–Trinajstić information content (AvgIpc) is 3.03. The first kappa shape index (κ1) is 13.7. The van der Waals surface area contributed by atoms with Gasteiger partial charge in [-0.05, 0) is 10.6 Å². The number of nitrogens with one attached hydrogen (secondary N) is 1. The minimum Gasteiger partial charge on any atom is -0.300 e. The van der Waals surface area contributed by atoms with Gasteiger partial charge in [0.05, 0.1) is 13.4 Å². The third-order valence-electron chi connectivity index (χ3n) is 4.15. The van der Waals surface area contributed by atoms with Crippen LogP contribution in [0.3, 0.4) is 0 Å². The maximum atomic E-state index is 3.58. The summed E-state index contributed by atoms with van der Waals surface area (Å²) >= 11 is 4.15. The Morgan fingerprint density at radius 2 is 1.94 bits per heavy atom. The molecule has 1 saturated heterocycles. The van der Waals surface area contributed by atoms with Gasteiger partial charge < -0.3 is 5.32 Å². The Bertz CT molecular complexity index is 346. The van der Waals surface area contributed by atoms with Crippen molar-refractivity contribution in [2.45, 2.75) is 44.3 Å². The zero-order valence-electron chi connectivity index (χ0n) is 11.1. The molecule has 1 atom stereocenters. The second-order valence-corrected chi connectivity index (χ2v) is 12.7. The van der Waals surface area contributed by atoms with E-state index >= 15 is 0 Å². The van der Waals surface area contributed by atoms with Crippen LogP contribution in [0.1, 0.15) is 31.0 Å². The highest BCUT2D eigenvalue weighted by molar-refractivity contribution is 7.99. The van der Waals surface area contributed by atoms with E-state index in [-0.39, 0.29) is 0 Å². The largest absolute Gasteiger partial charge is 0.300 e. The fourth-order valence-electron chi connectivity index (χ4n) is 2.66. The Hall–Kier alpha value is 0.227. The van der Waals surface area contributed by atoms with Crippen molar-refractivity contribution in [1.82, 2.24) is 5.32 Å². The first-order valence-electron chi connectivity index (χ1n) is 6.71. The van der Waals surface area contributed by atoms with Crippen molar-refractivity contribution in [2.24, 2.45) is 0 Å². The smallest absolute Gasteiger partial charge is 0.0987 e. The van der Waals surface area contributed by atoms with Crippen LogP contribution < -0.4 is 9.82 Å². The molecule has 0 aliphatic carbocycles. The van der Waals surface area contributed by atoms with Crippen molar-refractivity contribution in [3.05, 3.63) is 17.0 Å². The number of thiophene rings is 1. The normalized spacial score (nSPS) is 21.0. The van der Waals surface area contributed by atoms with Crippen LogP contribution in [0.2, 0.25) is 18.1 Å². The third kappa shape index (κ3) is 2.65. The quantitative estimate of drug-likeness (QED) is 0.826. The van der Waals surface area contributed by atoms with Crippen LogP contribution in [0.25, 0.3) is 0 Å². The molecule has 1 aliphatic rings. The molecule has 96 valence electrons. The van der Waals surface area contributed by atoms with Crippen LogP contribution in [0, 0.1) is 0 Å². The van der Waals surface area contributed by atoms with Gasteiger partial charge in [0.2, 0.25) is 0 Å². The first-order chi connectivity index (χ1) is 8.25. The minimum absolute atomic E-state index is 0.575. The van der Waals surface area contributed by atoms with Gasteiger partial charge in [-0.15, -0.1) is 23.1 Å². The summed E-state index contributed by atoms with van der Waals surface area (Å²) in [6.07, 6.45) is 0. The lowest BCUT2D eigenvalue weighted by atomic mass is 10.4. The Morgan fingerprint density at radius 3 is 2.47 bits per heavy atom. The van der Waals surface area contributed by atoms with E-state index < -0.39 is 8.07 Å². The van der Waals surface area contributed by atoms with Gasteiger partial charge in [-0.2, -0.15) is 0 Å². The SMILES string of the molecule is CC[Si](CC)(CC)c1ccc(C2NCCS2)s1. The highest BCUT2D eigenvalue weighted by atomic mass is 32.2. The first-order valence-corrected chi connectivity index (χ1v) is 11.2. The summed E-state index contributed by atoms with van der Waals surface area (Å²) in [5.41, 5.74) is 0. The van der Waals surface area contributed by atoms with E-state index in [1.54, 1.807) is 9.38 Å². The van der Waals surface area contributed by atoms with E-state index in [1.807, 2.05) is 0 Å². The molecule has 2 rings (SSSR count). The Morgan fingerprint density at radius 1 is 1.24 bits per heavy atom. The zero-order valence-corrected chi connectivity index (χ0v) is 13.7. The predicted molar refractivity (Wildman–Crippen MR) is 84.4 cm³/mol. The lowest BCUT2D eigenvalue weighted by Gasteiger charge is -2.26. The molecule has 0 saturated carbocycles. The summed E-state index contributed by atoms with van der Waals surface area (Å²) in [5.74, 6) is 1.26. The van der Waals surface area contributed by atoms with E-state index in [4.69, 9.17) is 0 Å². The van der Waals surface area contributed by atoms with E-state index in [0.717, 1.165) is 0 Å². The maximum absolute atomic E-state index is 3.58. The van der Waals surface area contributed by atoms with Crippen molar-refractivity contribution < 1.29 is 0 Å². The van der Waals surface area contributed by atoms with Gasteiger partial charge in [0.15, 0.2) is 0 Å². The fourth-order valence-corrected chi connectivity index (χ4v) is 10.2. The molecule has 0 spiro atoms. The molecule has 1 aromatic rings. The average molecular weight is 286 g/mol. The molecule has 1 N–H and O–H groups in total. The number of thioether (sulfide) groups is 1. The van der Waals surface area contributed by atoms with Crippen LogP contribution in [0.15, 0.2) is 12.1 Å². The molecular formula is C13H23NS2Si. The highest BCUT2D eigenvalue weighted by Gasteiger charge is 2.31. The molecule has 4 heteroatoms. The number of hydrogen-bond donors (Lipinski definition) is 1. The molecule has 1 aromatic heterocycles. The van der Waals surface area contributed by atoms with Crippen molar-refractivity contribution in [1.29, 1.82) is 0 Å². The molecule has 1 nitrogen and oxygen atoms in total. The standard InChI is InChI=1S/C13H23NS2Si/c1-4-17(5-2,6-3)12-8-7-11(16-12)13-14-9-10-15-13/h7-8,13-14H,4-6,9-10H2,1-3H3. The molecule has 0 bridgehead atoms. The molecular weight excluding hydrogens is 262 g/mol. The summed E-state index contributed by atoms with van der Waals surface area (Å²) in [6.45, 7) is 8.34. The van der Waals surface area contributed by atoms with E-state index in [1.165, 1.54) is 30.4 Å². The van der Waals surface area contributed by atoms with E-state index in [2.05, 4.69) is 61.3 Å². The van der Waals surface area contributed by atoms with Crippen LogP contribution in [-0.2, 0) is 0 Å².